The van der Waals surface area contributed by atoms with Gasteiger partial charge in [-0.3, -0.25) is 4.90 Å². The third kappa shape index (κ3) is 3.35. The number of H-pyrrole nitrogens is 1. The highest BCUT2D eigenvalue weighted by atomic mass is 16.6. The standard InChI is InChI=1S/C18H21N3O4/c1-18(2,3)25-17(24)21-13(16(22)23)9-12-14(20-10-19-12)15(21)11-7-5-4-6-8-11/h4-8,10,13,15H,9H2,1-3H3,(H,19,20)(H,22,23)/t13-,15-/m0/s1. The highest BCUT2D eigenvalue weighted by Gasteiger charge is 2.45. The van der Waals surface area contributed by atoms with Gasteiger partial charge in [0.05, 0.1) is 12.0 Å². The fourth-order valence-corrected chi connectivity index (χ4v) is 3.04. The van der Waals surface area contributed by atoms with Gasteiger partial charge in [0.2, 0.25) is 0 Å². The molecular weight excluding hydrogens is 322 g/mol. The number of carboxylic acids is 1. The monoisotopic (exact) mass is 343 g/mol. The van der Waals surface area contributed by atoms with Crippen LogP contribution in [0.2, 0.25) is 0 Å². The average molecular weight is 343 g/mol. The smallest absolute Gasteiger partial charge is 0.411 e. The van der Waals surface area contributed by atoms with Crippen molar-refractivity contribution in [1.29, 1.82) is 0 Å². The lowest BCUT2D eigenvalue weighted by atomic mass is 9.91. The van der Waals surface area contributed by atoms with Crippen LogP contribution >= 0.6 is 0 Å². The molecule has 1 amide bonds. The average Bonchev–Trinajstić information content (AvgIpc) is 3.00. The number of ether oxygens (including phenoxy) is 1. The van der Waals surface area contributed by atoms with Crippen LogP contribution in [0.1, 0.15) is 43.8 Å². The molecule has 2 heterocycles. The predicted molar refractivity (Wildman–Crippen MR) is 90.1 cm³/mol. The zero-order chi connectivity index (χ0) is 18.2. The largest absolute Gasteiger partial charge is 0.480 e. The number of aromatic nitrogens is 2. The van der Waals surface area contributed by atoms with Gasteiger partial charge in [-0.2, -0.15) is 0 Å². The van der Waals surface area contributed by atoms with Crippen molar-refractivity contribution < 1.29 is 19.4 Å². The third-order valence-electron chi connectivity index (χ3n) is 4.03. The lowest BCUT2D eigenvalue weighted by molar-refractivity contribution is -0.144. The molecule has 132 valence electrons. The van der Waals surface area contributed by atoms with E-state index in [1.165, 1.54) is 11.2 Å². The number of amides is 1. The molecular formula is C18H21N3O4. The van der Waals surface area contributed by atoms with E-state index >= 15 is 0 Å². The number of carboxylic acid groups (broad SMARTS) is 1. The summed E-state index contributed by atoms with van der Waals surface area (Å²) in [6.07, 6.45) is 1.02. The Morgan fingerprint density at radius 2 is 1.96 bits per heavy atom. The normalized spacial score (nSPS) is 20.0. The summed E-state index contributed by atoms with van der Waals surface area (Å²) in [6, 6.07) is 7.61. The lowest BCUT2D eigenvalue weighted by Crippen LogP contribution is -2.53. The molecule has 0 fully saturated rings. The van der Waals surface area contributed by atoms with Gasteiger partial charge in [0.1, 0.15) is 17.7 Å². The van der Waals surface area contributed by atoms with E-state index in [0.717, 1.165) is 11.3 Å². The number of hydrogen-bond acceptors (Lipinski definition) is 4. The van der Waals surface area contributed by atoms with Crippen molar-refractivity contribution in [3.05, 3.63) is 53.6 Å². The Morgan fingerprint density at radius 1 is 1.28 bits per heavy atom. The first-order chi connectivity index (χ1) is 11.8. The maximum atomic E-state index is 12.8. The Kier molecular flexibility index (Phi) is 4.24. The third-order valence-corrected chi connectivity index (χ3v) is 4.03. The summed E-state index contributed by atoms with van der Waals surface area (Å²) in [4.78, 5) is 33.3. The molecule has 0 saturated carbocycles. The second-order valence-electron chi connectivity index (χ2n) is 7.03. The summed E-state index contributed by atoms with van der Waals surface area (Å²) >= 11 is 0. The number of nitrogens with one attached hydrogen (secondary N) is 1. The van der Waals surface area contributed by atoms with Crippen LogP contribution in [-0.4, -0.2) is 43.7 Å². The van der Waals surface area contributed by atoms with Crippen molar-refractivity contribution in [3.8, 4) is 0 Å². The number of nitrogens with zero attached hydrogens (tertiary/aromatic N) is 2. The SMILES string of the molecule is CC(C)(C)OC(=O)N1[C@@H](c2ccccc2)c2nc[nH]c2C[C@H]1C(=O)O. The minimum atomic E-state index is -1.08. The molecule has 0 saturated heterocycles. The maximum Gasteiger partial charge on any atom is 0.411 e. The molecule has 3 rings (SSSR count). The summed E-state index contributed by atoms with van der Waals surface area (Å²) in [5, 5.41) is 9.70. The molecule has 25 heavy (non-hydrogen) atoms. The molecule has 2 N–H and O–H groups in total. The minimum Gasteiger partial charge on any atom is -0.480 e. The summed E-state index contributed by atoms with van der Waals surface area (Å²) in [7, 11) is 0. The van der Waals surface area contributed by atoms with E-state index in [4.69, 9.17) is 4.74 Å². The van der Waals surface area contributed by atoms with Gasteiger partial charge in [0.15, 0.2) is 0 Å². The number of carbonyl (C=O) groups is 2. The molecule has 1 aliphatic rings. The topological polar surface area (TPSA) is 95.5 Å². The van der Waals surface area contributed by atoms with E-state index in [1.54, 1.807) is 20.8 Å². The van der Waals surface area contributed by atoms with Crippen molar-refractivity contribution >= 4 is 12.1 Å². The molecule has 7 heteroatoms. The summed E-state index contributed by atoms with van der Waals surface area (Å²) in [5.41, 5.74) is 1.43. The highest BCUT2D eigenvalue weighted by molar-refractivity contribution is 5.82. The Morgan fingerprint density at radius 3 is 2.56 bits per heavy atom. The molecule has 0 spiro atoms. The van der Waals surface area contributed by atoms with Gasteiger partial charge in [0.25, 0.3) is 0 Å². The molecule has 7 nitrogen and oxygen atoms in total. The first kappa shape index (κ1) is 17.0. The van der Waals surface area contributed by atoms with E-state index in [9.17, 15) is 14.7 Å². The van der Waals surface area contributed by atoms with Gasteiger partial charge in [-0.05, 0) is 26.3 Å². The van der Waals surface area contributed by atoms with Gasteiger partial charge in [-0.15, -0.1) is 0 Å². The zero-order valence-corrected chi connectivity index (χ0v) is 14.4. The van der Waals surface area contributed by atoms with Gasteiger partial charge in [-0.25, -0.2) is 14.6 Å². The summed E-state index contributed by atoms with van der Waals surface area (Å²) < 4.78 is 5.49. The fraction of sp³-hybridized carbons (Fsp3) is 0.389. The van der Waals surface area contributed by atoms with Crippen LogP contribution < -0.4 is 0 Å². The Labute approximate surface area is 145 Å². The van der Waals surface area contributed by atoms with Crippen molar-refractivity contribution in [2.45, 2.75) is 44.9 Å². The second kappa shape index (κ2) is 6.23. The van der Waals surface area contributed by atoms with Crippen molar-refractivity contribution in [1.82, 2.24) is 14.9 Å². The van der Waals surface area contributed by atoms with Crippen molar-refractivity contribution in [3.63, 3.8) is 0 Å². The van der Waals surface area contributed by atoms with Crippen molar-refractivity contribution in [2.24, 2.45) is 0 Å². The molecule has 0 unspecified atom stereocenters. The van der Waals surface area contributed by atoms with Crippen LogP contribution in [0.25, 0.3) is 0 Å². The molecule has 1 aromatic carbocycles. The molecule has 1 aliphatic heterocycles. The van der Waals surface area contributed by atoms with Crippen LogP contribution in [-0.2, 0) is 16.0 Å². The second-order valence-corrected chi connectivity index (χ2v) is 7.03. The lowest BCUT2D eigenvalue weighted by Gasteiger charge is -2.40. The summed E-state index contributed by atoms with van der Waals surface area (Å²) in [5.74, 6) is -1.08. The quantitative estimate of drug-likeness (QED) is 0.874. The Balaban J connectivity index is 2.11. The van der Waals surface area contributed by atoms with Crippen LogP contribution in [0.15, 0.2) is 36.7 Å². The number of rotatable bonds is 2. The molecule has 2 aromatic rings. The molecule has 0 aliphatic carbocycles. The fourth-order valence-electron chi connectivity index (χ4n) is 3.04. The van der Waals surface area contributed by atoms with Gasteiger partial charge in [-0.1, -0.05) is 30.3 Å². The number of hydrogen-bond donors (Lipinski definition) is 2. The predicted octanol–water partition coefficient (Wildman–Crippen LogP) is 2.75. The van der Waals surface area contributed by atoms with E-state index in [0.29, 0.717) is 5.69 Å². The van der Waals surface area contributed by atoms with Crippen LogP contribution in [0.5, 0.6) is 0 Å². The first-order valence-electron chi connectivity index (χ1n) is 8.09. The number of carbonyl (C=O) groups excluding carboxylic acids is 1. The van der Waals surface area contributed by atoms with Crippen LogP contribution in [0, 0.1) is 0 Å². The van der Waals surface area contributed by atoms with Gasteiger partial charge in [0, 0.05) is 12.1 Å². The number of aliphatic carboxylic acids is 1. The number of imidazole rings is 1. The zero-order valence-electron chi connectivity index (χ0n) is 14.4. The molecule has 1 aromatic heterocycles. The van der Waals surface area contributed by atoms with E-state index in [1.807, 2.05) is 30.3 Å². The van der Waals surface area contributed by atoms with Crippen molar-refractivity contribution in [2.75, 3.05) is 0 Å². The number of benzene rings is 1. The minimum absolute atomic E-state index is 0.160. The van der Waals surface area contributed by atoms with Gasteiger partial charge < -0.3 is 14.8 Å². The molecule has 2 atom stereocenters. The van der Waals surface area contributed by atoms with Crippen LogP contribution in [0.3, 0.4) is 0 Å². The Bertz CT molecular complexity index is 779. The Hall–Kier alpha value is -2.83. The highest BCUT2D eigenvalue weighted by Crippen LogP contribution is 2.37. The van der Waals surface area contributed by atoms with Gasteiger partial charge >= 0.3 is 12.1 Å². The van der Waals surface area contributed by atoms with E-state index in [-0.39, 0.29) is 6.42 Å². The molecule has 0 bridgehead atoms. The van der Waals surface area contributed by atoms with Crippen LogP contribution in [0.4, 0.5) is 4.79 Å². The maximum absolute atomic E-state index is 12.8. The van der Waals surface area contributed by atoms with E-state index in [2.05, 4.69) is 9.97 Å². The van der Waals surface area contributed by atoms with E-state index < -0.39 is 29.7 Å². The number of fused-ring (bicyclic) bond motifs is 1. The summed E-state index contributed by atoms with van der Waals surface area (Å²) in [6.45, 7) is 5.26. The number of aromatic amines is 1. The molecule has 0 radical (unpaired) electrons. The first-order valence-corrected chi connectivity index (χ1v) is 8.09.